The lowest BCUT2D eigenvalue weighted by Crippen LogP contribution is -2.37. The van der Waals surface area contributed by atoms with Gasteiger partial charge in [0, 0.05) is 18.5 Å². The van der Waals surface area contributed by atoms with Crippen LogP contribution in [0.4, 0.5) is 0 Å². The van der Waals surface area contributed by atoms with Crippen molar-refractivity contribution in [3.8, 4) is 0 Å². The van der Waals surface area contributed by atoms with Gasteiger partial charge in [0.2, 0.25) is 5.89 Å². The zero-order valence-electron chi connectivity index (χ0n) is 11.8. The van der Waals surface area contributed by atoms with Gasteiger partial charge in [0.15, 0.2) is 5.82 Å². The third-order valence-corrected chi connectivity index (χ3v) is 3.97. The second-order valence-corrected chi connectivity index (χ2v) is 5.85. The molecule has 1 unspecified atom stereocenters. The number of aromatic nitrogens is 2. The van der Waals surface area contributed by atoms with Crippen molar-refractivity contribution in [1.82, 2.24) is 20.4 Å². The number of nitrogens with zero attached hydrogens (tertiary/aromatic N) is 3. The van der Waals surface area contributed by atoms with Crippen molar-refractivity contribution in [1.29, 1.82) is 0 Å². The van der Waals surface area contributed by atoms with Gasteiger partial charge in [-0.3, -0.25) is 4.90 Å². The van der Waals surface area contributed by atoms with Crippen LogP contribution in [-0.2, 0) is 6.54 Å². The van der Waals surface area contributed by atoms with Gasteiger partial charge in [0.25, 0.3) is 0 Å². The highest BCUT2D eigenvalue weighted by atomic mass is 16.5. The van der Waals surface area contributed by atoms with Crippen molar-refractivity contribution in [3.05, 3.63) is 11.7 Å². The van der Waals surface area contributed by atoms with Gasteiger partial charge < -0.3 is 9.84 Å². The molecule has 1 saturated heterocycles. The highest BCUT2D eigenvalue weighted by molar-refractivity contribution is 5.03. The Kier molecular flexibility index (Phi) is 4.13. The molecule has 1 N–H and O–H groups in total. The van der Waals surface area contributed by atoms with Gasteiger partial charge in [-0.1, -0.05) is 12.1 Å². The van der Waals surface area contributed by atoms with Gasteiger partial charge in [-0.15, -0.1) is 0 Å². The van der Waals surface area contributed by atoms with E-state index in [1.807, 2.05) is 0 Å². The Morgan fingerprint density at radius 3 is 2.95 bits per heavy atom. The summed E-state index contributed by atoms with van der Waals surface area (Å²) in [5.74, 6) is 2.28. The maximum absolute atomic E-state index is 5.38. The smallest absolute Gasteiger partial charge is 0.240 e. The van der Waals surface area contributed by atoms with Crippen LogP contribution in [0.1, 0.15) is 56.7 Å². The number of rotatable bonds is 7. The molecule has 2 aliphatic rings. The molecule has 0 amide bonds. The van der Waals surface area contributed by atoms with Crippen LogP contribution in [0.5, 0.6) is 0 Å². The summed E-state index contributed by atoms with van der Waals surface area (Å²) in [5, 5.41) is 7.65. The number of hydrogen-bond donors (Lipinski definition) is 1. The average molecular weight is 264 g/mol. The minimum absolute atomic E-state index is 0.577. The molecule has 1 aromatic heterocycles. The summed E-state index contributed by atoms with van der Waals surface area (Å²) < 4.78 is 5.38. The maximum Gasteiger partial charge on any atom is 0.240 e. The monoisotopic (exact) mass is 264 g/mol. The van der Waals surface area contributed by atoms with Gasteiger partial charge in [0.1, 0.15) is 0 Å². The van der Waals surface area contributed by atoms with E-state index in [2.05, 4.69) is 27.3 Å². The first-order valence-electron chi connectivity index (χ1n) is 7.63. The second kappa shape index (κ2) is 6.01. The van der Waals surface area contributed by atoms with E-state index in [9.17, 15) is 0 Å². The summed E-state index contributed by atoms with van der Waals surface area (Å²) >= 11 is 0. The molecular formula is C14H24N4O. The molecule has 0 spiro atoms. The Morgan fingerprint density at radius 1 is 1.37 bits per heavy atom. The molecule has 1 saturated carbocycles. The van der Waals surface area contributed by atoms with Crippen LogP contribution in [0.15, 0.2) is 4.52 Å². The molecule has 0 radical (unpaired) electrons. The minimum Gasteiger partial charge on any atom is -0.338 e. The van der Waals surface area contributed by atoms with Crippen molar-refractivity contribution < 1.29 is 4.52 Å². The Hall–Kier alpha value is -0.940. The Morgan fingerprint density at radius 2 is 2.26 bits per heavy atom. The van der Waals surface area contributed by atoms with Crippen molar-refractivity contribution >= 4 is 0 Å². The molecule has 3 rings (SSSR count). The molecule has 106 valence electrons. The molecule has 19 heavy (non-hydrogen) atoms. The summed E-state index contributed by atoms with van der Waals surface area (Å²) in [4.78, 5) is 6.97. The Balaban J connectivity index is 1.55. The van der Waals surface area contributed by atoms with E-state index >= 15 is 0 Å². The molecule has 1 aliphatic heterocycles. The fraction of sp³-hybridized carbons (Fsp3) is 0.857. The first-order chi connectivity index (χ1) is 9.35. The van der Waals surface area contributed by atoms with Crippen LogP contribution in [0.25, 0.3) is 0 Å². The molecular weight excluding hydrogens is 240 g/mol. The van der Waals surface area contributed by atoms with Crippen LogP contribution in [0.2, 0.25) is 0 Å². The summed E-state index contributed by atoms with van der Waals surface area (Å²) in [7, 11) is 0. The van der Waals surface area contributed by atoms with E-state index in [0.29, 0.717) is 12.0 Å². The molecule has 1 aliphatic carbocycles. The average Bonchev–Trinajstić information content (AvgIpc) is 2.93. The summed E-state index contributed by atoms with van der Waals surface area (Å²) in [6, 6.07) is 0.636. The van der Waals surface area contributed by atoms with E-state index in [0.717, 1.165) is 44.3 Å². The van der Waals surface area contributed by atoms with Gasteiger partial charge >= 0.3 is 0 Å². The van der Waals surface area contributed by atoms with E-state index in [-0.39, 0.29) is 0 Å². The molecule has 5 heteroatoms. The van der Waals surface area contributed by atoms with Gasteiger partial charge in [-0.05, 0) is 45.2 Å². The van der Waals surface area contributed by atoms with E-state index in [1.165, 1.54) is 25.7 Å². The summed E-state index contributed by atoms with van der Waals surface area (Å²) in [6.07, 6.45) is 6.21. The normalized spacial score (nSPS) is 23.4. The van der Waals surface area contributed by atoms with Crippen LogP contribution < -0.4 is 5.32 Å². The maximum atomic E-state index is 5.38. The lowest BCUT2D eigenvalue weighted by Gasteiger charge is -2.23. The lowest BCUT2D eigenvalue weighted by atomic mass is 10.2. The fourth-order valence-electron chi connectivity index (χ4n) is 2.81. The first-order valence-corrected chi connectivity index (χ1v) is 7.63. The van der Waals surface area contributed by atoms with Crippen molar-refractivity contribution in [2.45, 2.75) is 57.5 Å². The highest BCUT2D eigenvalue weighted by Gasteiger charge is 2.29. The molecule has 5 nitrogen and oxygen atoms in total. The van der Waals surface area contributed by atoms with Crippen LogP contribution in [0, 0.1) is 0 Å². The quantitative estimate of drug-likeness (QED) is 0.815. The van der Waals surface area contributed by atoms with Gasteiger partial charge in [-0.25, -0.2) is 0 Å². The lowest BCUT2D eigenvalue weighted by molar-refractivity contribution is 0.209. The van der Waals surface area contributed by atoms with Crippen LogP contribution in [0.3, 0.4) is 0 Å². The predicted octanol–water partition coefficient (Wildman–Crippen LogP) is 1.91. The minimum atomic E-state index is 0.577. The van der Waals surface area contributed by atoms with E-state index < -0.39 is 0 Å². The van der Waals surface area contributed by atoms with E-state index in [4.69, 9.17) is 4.52 Å². The standard InChI is InChI=1S/C14H24N4O/c1-2-8-18(9-12-4-3-7-15-12)10-13-16-14(17-19-13)11-5-6-11/h11-12,15H,2-10H2,1H3. The largest absolute Gasteiger partial charge is 0.338 e. The van der Waals surface area contributed by atoms with E-state index in [1.54, 1.807) is 0 Å². The van der Waals surface area contributed by atoms with Gasteiger partial charge in [0.05, 0.1) is 6.54 Å². The topological polar surface area (TPSA) is 54.2 Å². The highest BCUT2D eigenvalue weighted by Crippen LogP contribution is 2.38. The second-order valence-electron chi connectivity index (χ2n) is 5.85. The molecule has 1 aromatic rings. The fourth-order valence-corrected chi connectivity index (χ4v) is 2.81. The Labute approximate surface area is 114 Å². The molecule has 2 fully saturated rings. The van der Waals surface area contributed by atoms with Crippen molar-refractivity contribution in [2.24, 2.45) is 0 Å². The van der Waals surface area contributed by atoms with Gasteiger partial charge in [-0.2, -0.15) is 4.98 Å². The zero-order valence-corrected chi connectivity index (χ0v) is 11.8. The molecule has 0 aromatic carbocycles. The zero-order chi connectivity index (χ0) is 13.1. The molecule has 0 bridgehead atoms. The molecule has 2 heterocycles. The third kappa shape index (κ3) is 3.54. The van der Waals surface area contributed by atoms with Crippen LogP contribution >= 0.6 is 0 Å². The first kappa shape index (κ1) is 13.1. The Bertz CT molecular complexity index is 396. The number of nitrogens with one attached hydrogen (secondary N) is 1. The van der Waals surface area contributed by atoms with Crippen LogP contribution in [-0.4, -0.2) is 40.7 Å². The number of hydrogen-bond acceptors (Lipinski definition) is 5. The summed E-state index contributed by atoms with van der Waals surface area (Å²) in [6.45, 7) is 6.37. The SMILES string of the molecule is CCCN(Cc1nc(C2CC2)no1)CC1CCCN1. The van der Waals surface area contributed by atoms with Crippen molar-refractivity contribution in [3.63, 3.8) is 0 Å². The van der Waals surface area contributed by atoms with Crippen molar-refractivity contribution in [2.75, 3.05) is 19.6 Å². The summed E-state index contributed by atoms with van der Waals surface area (Å²) in [5.41, 5.74) is 0. The third-order valence-electron chi connectivity index (χ3n) is 3.97. The molecule has 1 atom stereocenters. The predicted molar refractivity (Wildman–Crippen MR) is 72.9 cm³/mol.